The topological polar surface area (TPSA) is 42.2 Å². The van der Waals surface area contributed by atoms with E-state index in [2.05, 4.69) is 35.1 Å². The summed E-state index contributed by atoms with van der Waals surface area (Å²) in [6, 6.07) is 4.29. The first-order chi connectivity index (χ1) is 11.7. The van der Waals surface area contributed by atoms with Crippen molar-refractivity contribution < 1.29 is 4.42 Å². The quantitative estimate of drug-likeness (QED) is 0.857. The third-order valence-corrected chi connectivity index (χ3v) is 5.61. The van der Waals surface area contributed by atoms with Crippen molar-refractivity contribution >= 4 is 0 Å². The lowest BCUT2D eigenvalue weighted by molar-refractivity contribution is 0.128. The average molecular weight is 325 g/mol. The SMILES string of the molecule is CCCc1ccc(CN2CCCC3(CCc4cnc(C)nc43)C2)o1. The van der Waals surface area contributed by atoms with Crippen LogP contribution in [0.2, 0.25) is 0 Å². The Bertz CT molecular complexity index is 719. The summed E-state index contributed by atoms with van der Waals surface area (Å²) in [6.07, 6.45) is 9.07. The molecule has 1 saturated heterocycles. The molecule has 0 N–H and O–H groups in total. The van der Waals surface area contributed by atoms with Gasteiger partial charge in [0.05, 0.1) is 12.2 Å². The van der Waals surface area contributed by atoms with Crippen LogP contribution in [0, 0.1) is 6.92 Å². The highest BCUT2D eigenvalue weighted by Gasteiger charge is 2.43. The number of aromatic nitrogens is 2. The van der Waals surface area contributed by atoms with Crippen molar-refractivity contribution in [2.45, 2.75) is 64.3 Å². The molecule has 0 amide bonds. The zero-order valence-electron chi connectivity index (χ0n) is 14.8. The average Bonchev–Trinajstić information content (AvgIpc) is 3.14. The van der Waals surface area contributed by atoms with E-state index < -0.39 is 0 Å². The number of nitrogens with zero attached hydrogens (tertiary/aromatic N) is 3. The minimum Gasteiger partial charge on any atom is -0.465 e. The Labute approximate surface area is 144 Å². The third kappa shape index (κ3) is 2.88. The van der Waals surface area contributed by atoms with Crippen LogP contribution in [0.15, 0.2) is 22.7 Å². The van der Waals surface area contributed by atoms with E-state index in [1.807, 2.05) is 6.92 Å². The maximum Gasteiger partial charge on any atom is 0.125 e. The summed E-state index contributed by atoms with van der Waals surface area (Å²) in [5.74, 6) is 3.13. The summed E-state index contributed by atoms with van der Waals surface area (Å²) in [6.45, 7) is 7.37. The smallest absolute Gasteiger partial charge is 0.125 e. The zero-order chi connectivity index (χ0) is 16.6. The molecule has 0 aromatic carbocycles. The Balaban J connectivity index is 1.51. The normalized spacial score (nSPS) is 23.8. The van der Waals surface area contributed by atoms with Crippen molar-refractivity contribution in [3.05, 3.63) is 46.9 Å². The highest BCUT2D eigenvalue weighted by Crippen LogP contribution is 2.44. The second-order valence-corrected chi connectivity index (χ2v) is 7.50. The van der Waals surface area contributed by atoms with Gasteiger partial charge in [-0.1, -0.05) is 6.92 Å². The van der Waals surface area contributed by atoms with Crippen LogP contribution in [-0.4, -0.2) is 28.0 Å². The maximum atomic E-state index is 6.00. The summed E-state index contributed by atoms with van der Waals surface area (Å²) >= 11 is 0. The van der Waals surface area contributed by atoms with Gasteiger partial charge in [-0.15, -0.1) is 0 Å². The molecule has 1 spiro atoms. The molecular weight excluding hydrogens is 298 g/mol. The van der Waals surface area contributed by atoms with Crippen LogP contribution >= 0.6 is 0 Å². The molecule has 1 unspecified atom stereocenters. The fraction of sp³-hybridized carbons (Fsp3) is 0.600. The Morgan fingerprint density at radius 2 is 2.12 bits per heavy atom. The number of aryl methyl sites for hydroxylation is 3. The van der Waals surface area contributed by atoms with Crippen molar-refractivity contribution in [1.29, 1.82) is 0 Å². The van der Waals surface area contributed by atoms with Crippen LogP contribution in [0.5, 0.6) is 0 Å². The first-order valence-electron chi connectivity index (χ1n) is 9.31. The summed E-state index contributed by atoms with van der Waals surface area (Å²) in [7, 11) is 0. The highest BCUT2D eigenvalue weighted by atomic mass is 16.3. The number of hydrogen-bond acceptors (Lipinski definition) is 4. The van der Waals surface area contributed by atoms with Gasteiger partial charge in [-0.05, 0) is 63.3 Å². The molecular formula is C20H27N3O. The molecule has 4 rings (SSSR count). The molecule has 1 aliphatic carbocycles. The Hall–Kier alpha value is -1.68. The summed E-state index contributed by atoms with van der Waals surface area (Å²) < 4.78 is 6.00. The summed E-state index contributed by atoms with van der Waals surface area (Å²) in [5.41, 5.74) is 2.93. The molecule has 4 nitrogen and oxygen atoms in total. The molecule has 2 aromatic heterocycles. The lowest BCUT2D eigenvalue weighted by Crippen LogP contribution is -2.45. The van der Waals surface area contributed by atoms with Crippen LogP contribution < -0.4 is 0 Å². The van der Waals surface area contributed by atoms with Gasteiger partial charge in [0.1, 0.15) is 17.3 Å². The van der Waals surface area contributed by atoms with Gasteiger partial charge in [-0.3, -0.25) is 4.90 Å². The van der Waals surface area contributed by atoms with E-state index in [9.17, 15) is 0 Å². The van der Waals surface area contributed by atoms with Crippen LogP contribution in [-0.2, 0) is 24.8 Å². The molecule has 24 heavy (non-hydrogen) atoms. The predicted octanol–water partition coefficient (Wildman–Crippen LogP) is 3.81. The number of piperidine rings is 1. The molecule has 1 aliphatic heterocycles. The largest absolute Gasteiger partial charge is 0.465 e. The van der Waals surface area contributed by atoms with E-state index in [4.69, 9.17) is 9.40 Å². The summed E-state index contributed by atoms with van der Waals surface area (Å²) in [5, 5.41) is 0. The second-order valence-electron chi connectivity index (χ2n) is 7.50. The van der Waals surface area contributed by atoms with Crippen molar-refractivity contribution in [2.24, 2.45) is 0 Å². The molecule has 3 heterocycles. The van der Waals surface area contributed by atoms with E-state index in [1.54, 1.807) is 0 Å². The first kappa shape index (κ1) is 15.8. The number of fused-ring (bicyclic) bond motifs is 2. The van der Waals surface area contributed by atoms with Crippen LogP contribution in [0.25, 0.3) is 0 Å². The fourth-order valence-corrected chi connectivity index (χ4v) is 4.50. The van der Waals surface area contributed by atoms with E-state index >= 15 is 0 Å². The molecule has 0 saturated carbocycles. The van der Waals surface area contributed by atoms with Crippen LogP contribution in [0.4, 0.5) is 0 Å². The van der Waals surface area contributed by atoms with Gasteiger partial charge in [-0.2, -0.15) is 0 Å². The lowest BCUT2D eigenvalue weighted by atomic mass is 9.77. The fourth-order valence-electron chi connectivity index (χ4n) is 4.50. The molecule has 1 atom stereocenters. The first-order valence-corrected chi connectivity index (χ1v) is 9.31. The van der Waals surface area contributed by atoms with Crippen molar-refractivity contribution in [3.8, 4) is 0 Å². The molecule has 1 fully saturated rings. The van der Waals surface area contributed by atoms with Crippen molar-refractivity contribution in [1.82, 2.24) is 14.9 Å². The van der Waals surface area contributed by atoms with Gasteiger partial charge in [0.25, 0.3) is 0 Å². The molecule has 2 aromatic rings. The molecule has 4 heteroatoms. The zero-order valence-corrected chi connectivity index (χ0v) is 14.8. The highest BCUT2D eigenvalue weighted by molar-refractivity contribution is 5.33. The van der Waals surface area contributed by atoms with E-state index in [0.29, 0.717) is 0 Å². The minimum absolute atomic E-state index is 0.236. The lowest BCUT2D eigenvalue weighted by Gasteiger charge is -2.40. The predicted molar refractivity (Wildman–Crippen MR) is 94.0 cm³/mol. The summed E-state index contributed by atoms with van der Waals surface area (Å²) in [4.78, 5) is 11.8. The number of rotatable bonds is 4. The molecule has 0 bridgehead atoms. The van der Waals surface area contributed by atoms with Crippen molar-refractivity contribution in [3.63, 3.8) is 0 Å². The van der Waals surface area contributed by atoms with E-state index in [-0.39, 0.29) is 5.41 Å². The third-order valence-electron chi connectivity index (χ3n) is 5.61. The van der Waals surface area contributed by atoms with Gasteiger partial charge < -0.3 is 4.42 Å². The standard InChI is InChI=1S/C20H27N3O/c1-3-5-17-6-7-18(24-17)13-23-11-4-9-20(14-23)10-8-16-12-21-15(2)22-19(16)20/h6-7,12H,3-5,8-11,13-14H2,1-2H3. The molecule has 2 aliphatic rings. The monoisotopic (exact) mass is 325 g/mol. The molecule has 128 valence electrons. The van der Waals surface area contributed by atoms with Gasteiger partial charge in [0, 0.05) is 24.6 Å². The van der Waals surface area contributed by atoms with E-state index in [0.717, 1.165) is 56.2 Å². The maximum absolute atomic E-state index is 6.00. The Morgan fingerprint density at radius 1 is 1.25 bits per heavy atom. The van der Waals surface area contributed by atoms with Gasteiger partial charge in [0.15, 0.2) is 0 Å². The van der Waals surface area contributed by atoms with E-state index in [1.165, 1.54) is 30.5 Å². The van der Waals surface area contributed by atoms with Gasteiger partial charge in [-0.25, -0.2) is 9.97 Å². The van der Waals surface area contributed by atoms with Crippen LogP contribution in [0.1, 0.15) is 61.2 Å². The number of furan rings is 1. The van der Waals surface area contributed by atoms with Crippen LogP contribution in [0.3, 0.4) is 0 Å². The Kier molecular flexibility index (Phi) is 4.17. The number of likely N-dealkylation sites (tertiary alicyclic amines) is 1. The van der Waals surface area contributed by atoms with Gasteiger partial charge in [0.2, 0.25) is 0 Å². The minimum atomic E-state index is 0.236. The Morgan fingerprint density at radius 3 is 3.00 bits per heavy atom. The van der Waals surface area contributed by atoms with Crippen molar-refractivity contribution in [2.75, 3.05) is 13.1 Å². The van der Waals surface area contributed by atoms with Gasteiger partial charge >= 0.3 is 0 Å². The molecule has 0 radical (unpaired) electrons. The second kappa shape index (κ2) is 6.32. The number of hydrogen-bond donors (Lipinski definition) is 0.